The maximum absolute atomic E-state index is 12.2. The molecular weight excluding hydrogens is 666 g/mol. The van der Waals surface area contributed by atoms with Crippen molar-refractivity contribution in [2.45, 2.75) is 75.6 Å². The summed E-state index contributed by atoms with van der Waals surface area (Å²) in [6.45, 7) is 4.51. The van der Waals surface area contributed by atoms with E-state index in [4.69, 9.17) is 0 Å². The minimum absolute atomic E-state index is 0.0240. The molecule has 0 atom stereocenters. The summed E-state index contributed by atoms with van der Waals surface area (Å²) in [5.41, 5.74) is 2.97. The third kappa shape index (κ3) is 8.73. The van der Waals surface area contributed by atoms with E-state index in [0.29, 0.717) is 0 Å². The molecule has 0 bridgehead atoms. The van der Waals surface area contributed by atoms with Crippen LogP contribution in [0.15, 0.2) is 48.5 Å². The lowest BCUT2D eigenvalue weighted by Crippen LogP contribution is -3.61. The zero-order valence-corrected chi connectivity index (χ0v) is 23.2. The van der Waals surface area contributed by atoms with Crippen LogP contribution in [0.4, 0.5) is 39.5 Å². The average molecular weight is 692 g/mol. The molecule has 0 aliphatic heterocycles. The molecular formula is C24H26F9IO3S. The second kappa shape index (κ2) is 13.7. The molecule has 14 heteroatoms. The number of halogens is 10. The summed E-state index contributed by atoms with van der Waals surface area (Å²) in [5, 5.41) is -7.11. The predicted molar refractivity (Wildman–Crippen MR) is 118 cm³/mol. The van der Waals surface area contributed by atoms with Gasteiger partial charge in [-0.3, -0.25) is 0 Å². The van der Waals surface area contributed by atoms with E-state index in [-0.39, 0.29) is 21.2 Å². The van der Waals surface area contributed by atoms with Crippen molar-refractivity contribution in [3.8, 4) is 0 Å². The first kappa shape index (κ1) is 34.5. The standard InChI is InChI=1S/C20H26I.C4HF9O3S/c1-3-5-7-17-9-13-19(14-10-17)21-20-15-11-18(12-16-20)8-6-4-2;5-1(6,3(9,10)11)2(7,8)4(12,13)17(14,15)16/h9-16H,3-8H2,1-2H3;(H,14,15,16)/q+1;/p-1. The molecule has 0 aliphatic carbocycles. The largest absolute Gasteiger partial charge is 0.743 e. The third-order valence-corrected chi connectivity index (χ3v) is 8.68. The van der Waals surface area contributed by atoms with Gasteiger partial charge in [0, 0.05) is 0 Å². The SMILES string of the molecule is CCCCc1ccc([I+]c2ccc(CCCC)cc2)cc1.O=S(=O)([O-])C(F)(F)C(F)(F)C(F)(F)C(F)(F)F. The summed E-state index contributed by atoms with van der Waals surface area (Å²) in [6.07, 6.45) is 0.437. The van der Waals surface area contributed by atoms with Crippen molar-refractivity contribution in [3.63, 3.8) is 0 Å². The maximum atomic E-state index is 12.2. The highest BCUT2D eigenvalue weighted by Crippen LogP contribution is 2.54. The number of hydrogen-bond acceptors (Lipinski definition) is 3. The molecule has 0 heterocycles. The van der Waals surface area contributed by atoms with Gasteiger partial charge in [-0.25, -0.2) is 8.42 Å². The molecule has 0 unspecified atom stereocenters. The van der Waals surface area contributed by atoms with E-state index < -0.39 is 33.4 Å². The van der Waals surface area contributed by atoms with Gasteiger partial charge in [0.15, 0.2) is 17.3 Å². The lowest BCUT2D eigenvalue weighted by molar-refractivity contribution is -0.597. The molecule has 0 radical (unpaired) electrons. The highest BCUT2D eigenvalue weighted by atomic mass is 127. The fraction of sp³-hybridized carbons (Fsp3) is 0.500. The fourth-order valence-electron chi connectivity index (χ4n) is 2.83. The minimum atomic E-state index is -7.43. The molecule has 2 rings (SSSR count). The molecule has 2 aromatic rings. The van der Waals surface area contributed by atoms with E-state index >= 15 is 0 Å². The van der Waals surface area contributed by atoms with Crippen LogP contribution < -0.4 is 21.2 Å². The van der Waals surface area contributed by atoms with Gasteiger partial charge in [-0.2, -0.15) is 39.5 Å². The average Bonchev–Trinajstić information content (AvgIpc) is 2.82. The third-order valence-electron chi connectivity index (χ3n) is 5.11. The zero-order valence-electron chi connectivity index (χ0n) is 20.3. The van der Waals surface area contributed by atoms with E-state index in [2.05, 4.69) is 62.4 Å². The van der Waals surface area contributed by atoms with Crippen molar-refractivity contribution in [3.05, 3.63) is 66.8 Å². The Morgan fingerprint density at radius 1 is 0.658 bits per heavy atom. The monoisotopic (exact) mass is 692 g/mol. The van der Waals surface area contributed by atoms with Crippen molar-refractivity contribution in [1.82, 2.24) is 0 Å². The highest BCUT2D eigenvalue weighted by Gasteiger charge is 2.83. The molecule has 0 saturated carbocycles. The molecule has 0 aliphatic rings. The Morgan fingerprint density at radius 3 is 1.26 bits per heavy atom. The maximum Gasteiger partial charge on any atom is 0.460 e. The summed E-state index contributed by atoms with van der Waals surface area (Å²) >= 11 is -0.0240. The molecule has 0 N–H and O–H groups in total. The molecule has 0 fully saturated rings. The number of hydrogen-bond donors (Lipinski definition) is 0. The number of unbranched alkanes of at least 4 members (excludes halogenated alkanes) is 2. The molecule has 38 heavy (non-hydrogen) atoms. The smallest absolute Gasteiger partial charge is 0.460 e. The number of alkyl halides is 9. The highest BCUT2D eigenvalue weighted by molar-refractivity contribution is 7.86. The molecule has 0 spiro atoms. The van der Waals surface area contributed by atoms with Crippen LogP contribution in [0.1, 0.15) is 50.7 Å². The fourth-order valence-corrected chi connectivity index (χ4v) is 5.43. The first-order chi connectivity index (χ1) is 17.3. The van der Waals surface area contributed by atoms with Gasteiger partial charge in [0.05, 0.1) is 0 Å². The van der Waals surface area contributed by atoms with Crippen LogP contribution in [0, 0.1) is 7.14 Å². The lowest BCUT2D eigenvalue weighted by atomic mass is 10.1. The molecule has 0 saturated heterocycles. The van der Waals surface area contributed by atoms with Crippen LogP contribution in [0.2, 0.25) is 0 Å². The van der Waals surface area contributed by atoms with E-state index in [1.165, 1.54) is 56.8 Å². The van der Waals surface area contributed by atoms with Crippen LogP contribution in [-0.2, 0) is 23.0 Å². The van der Waals surface area contributed by atoms with Gasteiger partial charge < -0.3 is 4.55 Å². The summed E-state index contributed by atoms with van der Waals surface area (Å²) in [4.78, 5) is 0. The number of rotatable bonds is 11. The van der Waals surface area contributed by atoms with Crippen molar-refractivity contribution in [2.24, 2.45) is 0 Å². The Balaban J connectivity index is 0.000000391. The Labute approximate surface area is 225 Å². The van der Waals surface area contributed by atoms with Gasteiger partial charge >= 0.3 is 44.5 Å². The van der Waals surface area contributed by atoms with Crippen molar-refractivity contribution in [2.75, 3.05) is 0 Å². The Bertz CT molecular complexity index is 1050. The first-order valence-electron chi connectivity index (χ1n) is 11.3. The Kier molecular flexibility index (Phi) is 12.4. The summed E-state index contributed by atoms with van der Waals surface area (Å²) in [6, 6.07) is 18.6. The van der Waals surface area contributed by atoms with E-state index in [9.17, 15) is 52.5 Å². The first-order valence-corrected chi connectivity index (χ1v) is 14.9. The van der Waals surface area contributed by atoms with E-state index in [1.54, 1.807) is 0 Å². The Hall–Kier alpha value is -1.55. The van der Waals surface area contributed by atoms with Crippen LogP contribution >= 0.6 is 0 Å². The molecule has 216 valence electrons. The van der Waals surface area contributed by atoms with E-state index in [1.807, 2.05) is 0 Å². The molecule has 2 aromatic carbocycles. The Morgan fingerprint density at radius 2 is 1.00 bits per heavy atom. The van der Waals surface area contributed by atoms with Gasteiger partial charge in [-0.1, -0.05) is 51.0 Å². The predicted octanol–water partition coefficient (Wildman–Crippen LogP) is 4.46. The van der Waals surface area contributed by atoms with Crippen molar-refractivity contribution >= 4 is 10.1 Å². The van der Waals surface area contributed by atoms with E-state index in [0.717, 1.165) is 0 Å². The van der Waals surface area contributed by atoms with Crippen LogP contribution in [0.25, 0.3) is 0 Å². The second-order valence-electron chi connectivity index (χ2n) is 8.17. The van der Waals surface area contributed by atoms with Crippen LogP contribution in [0.3, 0.4) is 0 Å². The number of aryl methyl sites for hydroxylation is 2. The normalized spacial score (nSPS) is 13.2. The second-order valence-corrected chi connectivity index (χ2v) is 12.6. The van der Waals surface area contributed by atoms with Crippen LogP contribution in [-0.4, -0.2) is 36.2 Å². The summed E-state index contributed by atoms with van der Waals surface area (Å²) in [7, 11) is -7.42. The van der Waals surface area contributed by atoms with Gasteiger partial charge in [0.1, 0.15) is 0 Å². The molecule has 3 nitrogen and oxygen atoms in total. The summed E-state index contributed by atoms with van der Waals surface area (Å²) < 4.78 is 138. The van der Waals surface area contributed by atoms with Gasteiger partial charge in [-0.15, -0.1) is 0 Å². The number of benzene rings is 2. The summed E-state index contributed by atoms with van der Waals surface area (Å²) in [5.74, 6) is -14.8. The quantitative estimate of drug-likeness (QED) is 0.199. The topological polar surface area (TPSA) is 57.2 Å². The molecule has 0 aromatic heterocycles. The zero-order chi connectivity index (χ0) is 29.4. The van der Waals surface area contributed by atoms with Crippen molar-refractivity contribution < 1.29 is 73.7 Å². The van der Waals surface area contributed by atoms with Crippen LogP contribution in [0.5, 0.6) is 0 Å². The lowest BCUT2D eigenvalue weighted by Gasteiger charge is -2.34. The minimum Gasteiger partial charge on any atom is -0.743 e. The molecule has 0 amide bonds. The van der Waals surface area contributed by atoms with Gasteiger partial charge in [-0.05, 0) is 61.1 Å². The van der Waals surface area contributed by atoms with Gasteiger partial charge in [0.25, 0.3) is 0 Å². The van der Waals surface area contributed by atoms with Crippen molar-refractivity contribution in [1.29, 1.82) is 0 Å². The van der Waals surface area contributed by atoms with Gasteiger partial charge in [0.2, 0.25) is 0 Å².